The van der Waals surface area contributed by atoms with Crippen LogP contribution in [0.4, 0.5) is 0 Å². The molecule has 6 heteroatoms. The van der Waals surface area contributed by atoms with Crippen LogP contribution >= 0.6 is 0 Å². The zero-order valence-corrected chi connectivity index (χ0v) is 18.3. The fraction of sp³-hybridized carbons (Fsp3) is 0.417. The topological polar surface area (TPSA) is 67.9 Å². The van der Waals surface area contributed by atoms with Gasteiger partial charge in [0.05, 0.1) is 13.7 Å². The van der Waals surface area contributed by atoms with Crippen molar-refractivity contribution in [3.05, 3.63) is 59.7 Å². The minimum absolute atomic E-state index is 0.0599. The summed E-state index contributed by atoms with van der Waals surface area (Å²) in [6, 6.07) is 14.7. The molecule has 2 rings (SSSR count). The molecule has 0 radical (unpaired) electrons. The molecule has 2 amide bonds. The van der Waals surface area contributed by atoms with Crippen LogP contribution in [0.15, 0.2) is 48.5 Å². The Kier molecular flexibility index (Phi) is 9.19. The molecule has 0 aliphatic carbocycles. The lowest BCUT2D eigenvalue weighted by Gasteiger charge is -2.29. The number of methoxy groups -OCH3 is 1. The summed E-state index contributed by atoms with van der Waals surface area (Å²) in [7, 11) is 1.62. The highest BCUT2D eigenvalue weighted by molar-refractivity contribution is 5.87. The average Bonchev–Trinajstić information content (AvgIpc) is 2.76. The Balaban J connectivity index is 1.97. The zero-order valence-electron chi connectivity index (χ0n) is 18.3. The maximum atomic E-state index is 13.0. The molecule has 0 aromatic heterocycles. The maximum absolute atomic E-state index is 13.0. The number of benzene rings is 2. The van der Waals surface area contributed by atoms with Crippen molar-refractivity contribution >= 4 is 11.8 Å². The van der Waals surface area contributed by atoms with E-state index in [9.17, 15) is 9.59 Å². The highest BCUT2D eigenvalue weighted by Crippen LogP contribution is 2.18. The number of carbonyl (C=O) groups excluding carboxylic acids is 2. The zero-order chi connectivity index (χ0) is 21.9. The van der Waals surface area contributed by atoms with E-state index in [2.05, 4.69) is 5.32 Å². The molecular weight excluding hydrogens is 380 g/mol. The van der Waals surface area contributed by atoms with Gasteiger partial charge in [0.25, 0.3) is 0 Å². The molecule has 0 aliphatic rings. The number of carbonyl (C=O) groups is 2. The Morgan fingerprint density at radius 1 is 1.07 bits per heavy atom. The van der Waals surface area contributed by atoms with Crippen molar-refractivity contribution in [2.75, 3.05) is 20.3 Å². The van der Waals surface area contributed by atoms with Crippen LogP contribution in [0.5, 0.6) is 11.5 Å². The fourth-order valence-corrected chi connectivity index (χ4v) is 3.10. The number of aryl methyl sites for hydroxylation is 1. The third-order valence-corrected chi connectivity index (χ3v) is 4.98. The first kappa shape index (κ1) is 23.3. The van der Waals surface area contributed by atoms with Gasteiger partial charge in [-0.15, -0.1) is 0 Å². The fourth-order valence-electron chi connectivity index (χ4n) is 3.10. The third kappa shape index (κ3) is 6.79. The Hall–Kier alpha value is -3.02. The van der Waals surface area contributed by atoms with Gasteiger partial charge in [0.2, 0.25) is 11.8 Å². The minimum Gasteiger partial charge on any atom is -0.497 e. The second-order valence-corrected chi connectivity index (χ2v) is 7.15. The molecule has 0 saturated heterocycles. The molecule has 0 unspecified atom stereocenters. The molecule has 6 nitrogen and oxygen atoms in total. The molecule has 2 aromatic rings. The number of rotatable bonds is 11. The normalized spacial score (nSPS) is 11.5. The number of nitrogens with one attached hydrogen (secondary N) is 1. The van der Waals surface area contributed by atoms with Gasteiger partial charge in [0, 0.05) is 19.5 Å². The second-order valence-electron chi connectivity index (χ2n) is 7.15. The van der Waals surface area contributed by atoms with Crippen LogP contribution in [0, 0.1) is 6.92 Å². The van der Waals surface area contributed by atoms with E-state index in [0.717, 1.165) is 22.6 Å². The molecule has 30 heavy (non-hydrogen) atoms. The molecule has 0 fully saturated rings. The second kappa shape index (κ2) is 11.9. The van der Waals surface area contributed by atoms with Crippen LogP contribution in [0.25, 0.3) is 0 Å². The van der Waals surface area contributed by atoms with Gasteiger partial charge in [-0.25, -0.2) is 0 Å². The highest BCUT2D eigenvalue weighted by Gasteiger charge is 2.25. The van der Waals surface area contributed by atoms with Gasteiger partial charge in [-0.2, -0.15) is 0 Å². The molecule has 2 aromatic carbocycles. The summed E-state index contributed by atoms with van der Waals surface area (Å²) in [6.45, 7) is 7.02. The summed E-state index contributed by atoms with van der Waals surface area (Å²) < 4.78 is 10.8. The van der Waals surface area contributed by atoms with Crippen LogP contribution in [-0.4, -0.2) is 43.0 Å². The van der Waals surface area contributed by atoms with Gasteiger partial charge in [0.1, 0.15) is 17.5 Å². The first-order valence-corrected chi connectivity index (χ1v) is 10.3. The van der Waals surface area contributed by atoms with Crippen LogP contribution in [0.3, 0.4) is 0 Å². The van der Waals surface area contributed by atoms with Gasteiger partial charge >= 0.3 is 0 Å². The number of likely N-dealkylation sites (N-methyl/N-ethyl adjacent to an activating group) is 1. The van der Waals surface area contributed by atoms with E-state index in [-0.39, 0.29) is 11.8 Å². The minimum atomic E-state index is -0.542. The van der Waals surface area contributed by atoms with Crippen LogP contribution in [-0.2, 0) is 16.1 Å². The van der Waals surface area contributed by atoms with Crippen molar-refractivity contribution in [3.63, 3.8) is 0 Å². The van der Waals surface area contributed by atoms with Gasteiger partial charge in [-0.3, -0.25) is 9.59 Å². The predicted octanol–water partition coefficient (Wildman–Crippen LogP) is 3.72. The van der Waals surface area contributed by atoms with Gasteiger partial charge in [-0.05, 0) is 62.6 Å². The third-order valence-electron chi connectivity index (χ3n) is 4.98. The Morgan fingerprint density at radius 2 is 1.73 bits per heavy atom. The van der Waals surface area contributed by atoms with Crippen molar-refractivity contribution in [1.82, 2.24) is 10.2 Å². The van der Waals surface area contributed by atoms with E-state index in [4.69, 9.17) is 9.47 Å². The lowest BCUT2D eigenvalue weighted by Crippen LogP contribution is -2.47. The molecule has 0 saturated carbocycles. The Morgan fingerprint density at radius 3 is 2.37 bits per heavy atom. The standard InChI is InChI=1S/C24H32N2O4/c1-5-25-24(28)19(3)26(17-20-10-7-6-9-18(20)2)23(27)11-8-16-30-22-14-12-21(29-4)13-15-22/h6-7,9-10,12-15,19H,5,8,11,16-17H2,1-4H3,(H,25,28)/t19-/m0/s1. The van der Waals surface area contributed by atoms with E-state index in [0.29, 0.717) is 32.5 Å². The Bertz CT molecular complexity index is 820. The summed E-state index contributed by atoms with van der Waals surface area (Å²) in [5.74, 6) is 1.30. The van der Waals surface area contributed by atoms with Gasteiger partial charge < -0.3 is 19.7 Å². The molecular formula is C24H32N2O4. The Labute approximate surface area is 179 Å². The van der Waals surface area contributed by atoms with Crippen LogP contribution < -0.4 is 14.8 Å². The van der Waals surface area contributed by atoms with E-state index in [1.54, 1.807) is 18.9 Å². The van der Waals surface area contributed by atoms with E-state index in [1.165, 1.54) is 0 Å². The van der Waals surface area contributed by atoms with E-state index >= 15 is 0 Å². The van der Waals surface area contributed by atoms with Crippen molar-refractivity contribution in [2.45, 2.75) is 46.2 Å². The lowest BCUT2D eigenvalue weighted by atomic mass is 10.1. The number of ether oxygens (including phenoxy) is 2. The smallest absolute Gasteiger partial charge is 0.242 e. The molecule has 1 atom stereocenters. The average molecular weight is 413 g/mol. The van der Waals surface area contributed by atoms with E-state index < -0.39 is 6.04 Å². The first-order valence-electron chi connectivity index (χ1n) is 10.3. The summed E-state index contributed by atoms with van der Waals surface area (Å²) in [6.07, 6.45) is 0.878. The van der Waals surface area contributed by atoms with Gasteiger partial charge in [0.15, 0.2) is 0 Å². The predicted molar refractivity (Wildman–Crippen MR) is 118 cm³/mol. The number of nitrogens with zero attached hydrogens (tertiary/aromatic N) is 1. The molecule has 1 N–H and O–H groups in total. The SMILES string of the molecule is CCNC(=O)[C@H](C)N(Cc1ccccc1C)C(=O)CCCOc1ccc(OC)cc1. The van der Waals surface area contributed by atoms with Crippen molar-refractivity contribution < 1.29 is 19.1 Å². The molecule has 0 aliphatic heterocycles. The van der Waals surface area contributed by atoms with Crippen LogP contribution in [0.2, 0.25) is 0 Å². The largest absolute Gasteiger partial charge is 0.497 e. The van der Waals surface area contributed by atoms with Crippen molar-refractivity contribution in [1.29, 1.82) is 0 Å². The number of hydrogen-bond acceptors (Lipinski definition) is 4. The molecule has 162 valence electrons. The first-order chi connectivity index (χ1) is 14.5. The number of hydrogen-bond donors (Lipinski definition) is 1. The van der Waals surface area contributed by atoms with Gasteiger partial charge in [-0.1, -0.05) is 24.3 Å². The maximum Gasteiger partial charge on any atom is 0.242 e. The van der Waals surface area contributed by atoms with Crippen molar-refractivity contribution in [2.24, 2.45) is 0 Å². The highest BCUT2D eigenvalue weighted by atomic mass is 16.5. The van der Waals surface area contributed by atoms with Crippen LogP contribution in [0.1, 0.15) is 37.8 Å². The number of amides is 2. The van der Waals surface area contributed by atoms with E-state index in [1.807, 2.05) is 62.4 Å². The lowest BCUT2D eigenvalue weighted by molar-refractivity contribution is -0.140. The molecule has 0 bridgehead atoms. The quantitative estimate of drug-likeness (QED) is 0.571. The summed E-state index contributed by atoms with van der Waals surface area (Å²) in [5, 5.41) is 2.81. The summed E-state index contributed by atoms with van der Waals surface area (Å²) >= 11 is 0. The van der Waals surface area contributed by atoms with Crippen molar-refractivity contribution in [3.8, 4) is 11.5 Å². The monoisotopic (exact) mass is 412 g/mol. The summed E-state index contributed by atoms with van der Waals surface area (Å²) in [4.78, 5) is 27.0. The summed E-state index contributed by atoms with van der Waals surface area (Å²) in [5.41, 5.74) is 2.14. The molecule has 0 spiro atoms. The molecule has 0 heterocycles.